The highest BCUT2D eigenvalue weighted by Gasteiger charge is 2.42. The first kappa shape index (κ1) is 21.5. The monoisotopic (exact) mass is 449 g/mol. The van der Waals surface area contributed by atoms with E-state index in [1.165, 1.54) is 29.2 Å². The van der Waals surface area contributed by atoms with Crippen LogP contribution in [0.15, 0.2) is 53.4 Å². The summed E-state index contributed by atoms with van der Waals surface area (Å²) in [6, 6.07) is 12.1. The molecule has 2 aromatic carbocycles. The minimum Gasteiger partial charge on any atom is -0.464 e. The molecule has 0 saturated carbocycles. The summed E-state index contributed by atoms with van der Waals surface area (Å²) in [5.74, 6) is -1.62. The van der Waals surface area contributed by atoms with Crippen LogP contribution in [0.1, 0.15) is 30.5 Å². The quantitative estimate of drug-likeness (QED) is 0.337. The van der Waals surface area contributed by atoms with Crippen LogP contribution in [0.5, 0.6) is 0 Å². The highest BCUT2D eigenvalue weighted by Crippen LogP contribution is 2.39. The first-order valence-electron chi connectivity index (χ1n) is 8.86. The highest BCUT2D eigenvalue weighted by molar-refractivity contribution is 8.26. The van der Waals surface area contributed by atoms with Gasteiger partial charge in [0.25, 0.3) is 5.91 Å². The first-order valence-corrected chi connectivity index (χ1v) is 10.5. The number of ether oxygens (including phenoxy) is 1. The van der Waals surface area contributed by atoms with Crippen molar-refractivity contribution < 1.29 is 18.7 Å². The van der Waals surface area contributed by atoms with Crippen LogP contribution in [0.25, 0.3) is 6.08 Å². The Morgan fingerprint density at radius 2 is 2.00 bits per heavy atom. The van der Waals surface area contributed by atoms with Gasteiger partial charge in [-0.05, 0) is 30.2 Å². The van der Waals surface area contributed by atoms with Gasteiger partial charge < -0.3 is 4.74 Å². The van der Waals surface area contributed by atoms with Crippen molar-refractivity contribution in [3.05, 3.63) is 75.4 Å². The second-order valence-electron chi connectivity index (χ2n) is 6.17. The van der Waals surface area contributed by atoms with Gasteiger partial charge in [-0.2, -0.15) is 0 Å². The van der Waals surface area contributed by atoms with Crippen molar-refractivity contribution in [2.75, 3.05) is 6.61 Å². The molecular weight excluding hydrogens is 433 g/mol. The second kappa shape index (κ2) is 9.52. The highest BCUT2D eigenvalue weighted by atomic mass is 35.5. The molecule has 150 valence electrons. The van der Waals surface area contributed by atoms with Crippen LogP contribution < -0.4 is 0 Å². The summed E-state index contributed by atoms with van der Waals surface area (Å²) in [6.45, 7) is 2.11. The lowest BCUT2D eigenvalue weighted by atomic mass is 10.1. The summed E-state index contributed by atoms with van der Waals surface area (Å²) in [7, 11) is 0. The van der Waals surface area contributed by atoms with Crippen molar-refractivity contribution in [3.63, 3.8) is 0 Å². The van der Waals surface area contributed by atoms with Crippen molar-refractivity contribution in [1.82, 2.24) is 4.90 Å². The van der Waals surface area contributed by atoms with Gasteiger partial charge in [0, 0.05) is 5.56 Å². The summed E-state index contributed by atoms with van der Waals surface area (Å²) >= 11 is 12.4. The zero-order chi connectivity index (χ0) is 21.0. The molecule has 0 N–H and O–H groups in total. The fraction of sp³-hybridized carbons (Fsp3) is 0.190. The molecule has 1 saturated heterocycles. The Bertz CT molecular complexity index is 961. The largest absolute Gasteiger partial charge is 0.464 e. The predicted octanol–water partition coefficient (Wildman–Crippen LogP) is 5.37. The van der Waals surface area contributed by atoms with Crippen molar-refractivity contribution >= 4 is 57.9 Å². The van der Waals surface area contributed by atoms with E-state index in [0.717, 1.165) is 11.8 Å². The fourth-order valence-corrected chi connectivity index (χ4v) is 4.30. The molecule has 2 aromatic rings. The summed E-state index contributed by atoms with van der Waals surface area (Å²) < 4.78 is 19.6. The van der Waals surface area contributed by atoms with Crippen molar-refractivity contribution in [2.45, 2.75) is 19.4 Å². The Morgan fingerprint density at radius 3 is 2.66 bits per heavy atom. The number of nitrogens with zero attached hydrogens (tertiary/aromatic N) is 1. The van der Waals surface area contributed by atoms with E-state index in [2.05, 4.69) is 0 Å². The number of carbonyl (C=O) groups excluding carboxylic acids is 2. The van der Waals surface area contributed by atoms with E-state index in [-0.39, 0.29) is 26.4 Å². The van der Waals surface area contributed by atoms with Crippen LogP contribution in [0, 0.1) is 5.82 Å². The van der Waals surface area contributed by atoms with Gasteiger partial charge in [0.05, 0.1) is 16.5 Å². The lowest BCUT2D eigenvalue weighted by Gasteiger charge is -2.25. The van der Waals surface area contributed by atoms with E-state index in [9.17, 15) is 14.0 Å². The molecule has 0 radical (unpaired) electrons. The maximum absolute atomic E-state index is 14.1. The van der Waals surface area contributed by atoms with Crippen LogP contribution in [-0.4, -0.2) is 27.7 Å². The number of hydrogen-bond acceptors (Lipinski definition) is 5. The van der Waals surface area contributed by atoms with Gasteiger partial charge in [-0.3, -0.25) is 9.69 Å². The zero-order valence-corrected chi connectivity index (χ0v) is 17.8. The van der Waals surface area contributed by atoms with E-state index in [0.29, 0.717) is 12.0 Å². The Kier molecular flexibility index (Phi) is 7.05. The molecule has 1 atom stereocenters. The van der Waals surface area contributed by atoms with Gasteiger partial charge in [0.2, 0.25) is 0 Å². The number of hydrogen-bond donors (Lipinski definition) is 0. The standard InChI is InChI=1S/C21H17ClFNO3S2/c1-2-11-27-20(26)18(13-7-4-3-5-8-13)24-19(25)17(29-21(24)28)12-14-15(22)9-6-10-16(14)23/h3-10,12,18H,2,11H2,1H3/b17-12+. The molecule has 3 rings (SSSR count). The van der Waals surface area contributed by atoms with Gasteiger partial charge in [0.15, 0.2) is 6.04 Å². The number of halogens is 2. The van der Waals surface area contributed by atoms with Crippen LogP contribution in [0.3, 0.4) is 0 Å². The number of carbonyl (C=O) groups is 2. The maximum atomic E-state index is 14.1. The molecule has 0 spiro atoms. The molecule has 1 unspecified atom stereocenters. The van der Waals surface area contributed by atoms with Crippen LogP contribution in [-0.2, 0) is 14.3 Å². The Morgan fingerprint density at radius 1 is 1.28 bits per heavy atom. The third kappa shape index (κ3) is 4.69. The SMILES string of the molecule is CCCOC(=O)C(c1ccccc1)N1C(=O)/C(=C\c2c(F)cccc2Cl)SC1=S. The molecule has 1 aliphatic heterocycles. The molecule has 29 heavy (non-hydrogen) atoms. The smallest absolute Gasteiger partial charge is 0.333 e. The van der Waals surface area contributed by atoms with Gasteiger partial charge >= 0.3 is 5.97 Å². The number of thioether (sulfide) groups is 1. The molecular formula is C21H17ClFNO3S2. The average Bonchev–Trinajstić information content (AvgIpc) is 2.98. The maximum Gasteiger partial charge on any atom is 0.333 e. The molecule has 4 nitrogen and oxygen atoms in total. The van der Waals surface area contributed by atoms with Gasteiger partial charge in [0.1, 0.15) is 10.1 Å². The third-order valence-corrected chi connectivity index (χ3v) is 5.80. The van der Waals surface area contributed by atoms with Crippen molar-refractivity contribution in [1.29, 1.82) is 0 Å². The average molecular weight is 450 g/mol. The summed E-state index contributed by atoms with van der Waals surface area (Å²) in [5, 5.41) is 0.178. The molecule has 1 amide bonds. The molecule has 1 fully saturated rings. The third-order valence-electron chi connectivity index (χ3n) is 4.14. The van der Waals surface area contributed by atoms with Gasteiger partial charge in [-0.15, -0.1) is 0 Å². The fourth-order valence-electron chi connectivity index (χ4n) is 2.79. The summed E-state index contributed by atoms with van der Waals surface area (Å²) in [5.41, 5.74) is 0.676. The number of benzene rings is 2. The summed E-state index contributed by atoms with van der Waals surface area (Å²) in [4.78, 5) is 27.3. The second-order valence-corrected chi connectivity index (χ2v) is 8.25. The van der Waals surface area contributed by atoms with E-state index in [4.69, 9.17) is 28.6 Å². The van der Waals surface area contributed by atoms with E-state index >= 15 is 0 Å². The normalized spacial score (nSPS) is 16.4. The first-order chi connectivity index (χ1) is 13.9. The van der Waals surface area contributed by atoms with Gasteiger partial charge in [-0.1, -0.05) is 78.9 Å². The molecule has 0 bridgehead atoms. The van der Waals surface area contributed by atoms with Crippen molar-refractivity contribution in [3.8, 4) is 0 Å². The van der Waals surface area contributed by atoms with Crippen LogP contribution in [0.4, 0.5) is 4.39 Å². The molecule has 0 aliphatic carbocycles. The molecule has 0 aromatic heterocycles. The Labute approximate surface area is 182 Å². The minimum absolute atomic E-state index is 0.0967. The van der Waals surface area contributed by atoms with E-state index in [1.807, 2.05) is 13.0 Å². The molecule has 8 heteroatoms. The minimum atomic E-state index is -1.02. The van der Waals surface area contributed by atoms with Crippen molar-refractivity contribution in [2.24, 2.45) is 0 Å². The Balaban J connectivity index is 1.99. The van der Waals surface area contributed by atoms with E-state index in [1.54, 1.807) is 24.3 Å². The molecule has 1 heterocycles. The predicted molar refractivity (Wildman–Crippen MR) is 117 cm³/mol. The lowest BCUT2D eigenvalue weighted by Crippen LogP contribution is -2.38. The number of thiocarbonyl (C=S) groups is 1. The van der Waals surface area contributed by atoms with Crippen LogP contribution in [0.2, 0.25) is 5.02 Å². The number of rotatable bonds is 6. The topological polar surface area (TPSA) is 46.6 Å². The lowest BCUT2D eigenvalue weighted by molar-refractivity contribution is -0.151. The van der Waals surface area contributed by atoms with E-state index < -0.39 is 23.7 Å². The Hall–Kier alpha value is -2.22. The van der Waals surface area contributed by atoms with Crippen LogP contribution >= 0.6 is 35.6 Å². The zero-order valence-electron chi connectivity index (χ0n) is 15.4. The summed E-state index contributed by atoms with van der Waals surface area (Å²) in [6.07, 6.45) is 2.01. The number of esters is 1. The molecule has 1 aliphatic rings. The van der Waals surface area contributed by atoms with Gasteiger partial charge in [-0.25, -0.2) is 9.18 Å². The number of amides is 1.